The molecule has 3 nitrogen and oxygen atoms in total. The zero-order chi connectivity index (χ0) is 13.5. The third-order valence-corrected chi connectivity index (χ3v) is 4.04. The molecule has 0 amide bonds. The van der Waals surface area contributed by atoms with Gasteiger partial charge in [-0.3, -0.25) is 4.90 Å². The van der Waals surface area contributed by atoms with Crippen molar-refractivity contribution in [3.8, 4) is 0 Å². The van der Waals surface area contributed by atoms with Gasteiger partial charge in [0, 0.05) is 12.6 Å². The van der Waals surface area contributed by atoms with E-state index in [9.17, 15) is 0 Å². The molecule has 2 N–H and O–H groups in total. The van der Waals surface area contributed by atoms with Crippen molar-refractivity contribution in [1.82, 2.24) is 9.80 Å². The van der Waals surface area contributed by atoms with Crippen molar-refractivity contribution in [1.29, 1.82) is 0 Å². The summed E-state index contributed by atoms with van der Waals surface area (Å²) in [7, 11) is 4.36. The zero-order valence-electron chi connectivity index (χ0n) is 12.9. The normalized spacial score (nSPS) is 23.2. The third-order valence-electron chi connectivity index (χ3n) is 4.04. The molecule has 0 saturated carbocycles. The van der Waals surface area contributed by atoms with Crippen LogP contribution in [0, 0.1) is 11.8 Å². The summed E-state index contributed by atoms with van der Waals surface area (Å²) in [6, 6.07) is 0.775. The Morgan fingerprint density at radius 3 is 2.61 bits per heavy atom. The van der Waals surface area contributed by atoms with Crippen molar-refractivity contribution < 1.29 is 0 Å². The highest BCUT2D eigenvalue weighted by Crippen LogP contribution is 2.21. The van der Waals surface area contributed by atoms with Gasteiger partial charge in [-0.2, -0.15) is 0 Å². The fourth-order valence-corrected chi connectivity index (χ4v) is 3.16. The van der Waals surface area contributed by atoms with E-state index in [4.69, 9.17) is 5.73 Å². The molecule has 0 aromatic carbocycles. The lowest BCUT2D eigenvalue weighted by molar-refractivity contribution is 0.192. The van der Waals surface area contributed by atoms with E-state index in [1.165, 1.54) is 45.3 Å². The van der Waals surface area contributed by atoms with Crippen LogP contribution in [0.25, 0.3) is 0 Å². The zero-order valence-corrected chi connectivity index (χ0v) is 12.9. The van der Waals surface area contributed by atoms with E-state index >= 15 is 0 Å². The van der Waals surface area contributed by atoms with Gasteiger partial charge >= 0.3 is 0 Å². The van der Waals surface area contributed by atoms with Crippen molar-refractivity contribution in [3.05, 3.63) is 0 Å². The van der Waals surface area contributed by atoms with Gasteiger partial charge in [-0.05, 0) is 71.2 Å². The van der Waals surface area contributed by atoms with Gasteiger partial charge < -0.3 is 10.6 Å². The molecule has 108 valence electrons. The highest BCUT2D eigenvalue weighted by atomic mass is 15.2. The van der Waals surface area contributed by atoms with E-state index < -0.39 is 0 Å². The molecule has 1 heterocycles. The van der Waals surface area contributed by atoms with E-state index in [1.54, 1.807) is 0 Å². The lowest BCUT2D eigenvalue weighted by Gasteiger charge is -2.28. The maximum atomic E-state index is 5.89. The first-order valence-corrected chi connectivity index (χ1v) is 7.61. The second-order valence-corrected chi connectivity index (χ2v) is 6.61. The van der Waals surface area contributed by atoms with Crippen molar-refractivity contribution in [2.24, 2.45) is 17.6 Å². The molecule has 2 unspecified atom stereocenters. The predicted molar refractivity (Wildman–Crippen MR) is 79.8 cm³/mol. The average Bonchev–Trinajstić information content (AvgIpc) is 2.70. The summed E-state index contributed by atoms with van der Waals surface area (Å²) in [5.74, 6) is 1.49. The second-order valence-electron chi connectivity index (χ2n) is 6.61. The minimum absolute atomic E-state index is 0.714. The second kappa shape index (κ2) is 8.13. The van der Waals surface area contributed by atoms with E-state index in [2.05, 4.69) is 37.7 Å². The number of nitrogens with two attached hydrogens (primary N) is 1. The molecule has 1 aliphatic rings. The van der Waals surface area contributed by atoms with Crippen LogP contribution in [-0.2, 0) is 0 Å². The van der Waals surface area contributed by atoms with E-state index in [-0.39, 0.29) is 0 Å². The van der Waals surface area contributed by atoms with Crippen LogP contribution in [0.4, 0.5) is 0 Å². The standard InChI is InChI=1S/C15H33N3/c1-13(2)10-14(11-16)7-9-18-8-5-6-15(18)12-17(3)4/h13-15H,5-12,16H2,1-4H3. The molecule has 0 radical (unpaired) electrons. The number of hydrogen-bond acceptors (Lipinski definition) is 3. The summed E-state index contributed by atoms with van der Waals surface area (Å²) >= 11 is 0. The SMILES string of the molecule is CC(C)CC(CN)CCN1CCCC1CN(C)C. The molecule has 2 atom stereocenters. The monoisotopic (exact) mass is 255 g/mol. The molecule has 18 heavy (non-hydrogen) atoms. The molecule has 3 heteroatoms. The highest BCUT2D eigenvalue weighted by Gasteiger charge is 2.25. The number of nitrogens with zero attached hydrogens (tertiary/aromatic N) is 2. The van der Waals surface area contributed by atoms with Gasteiger partial charge in [-0.15, -0.1) is 0 Å². The highest BCUT2D eigenvalue weighted by molar-refractivity contribution is 4.81. The molecule has 1 rings (SSSR count). The first kappa shape index (κ1) is 15.9. The molecular weight excluding hydrogens is 222 g/mol. The molecule has 0 aromatic heterocycles. The number of likely N-dealkylation sites (N-methyl/N-ethyl adjacent to an activating group) is 1. The maximum absolute atomic E-state index is 5.89. The fraction of sp³-hybridized carbons (Fsp3) is 1.00. The van der Waals surface area contributed by atoms with Gasteiger partial charge in [0.25, 0.3) is 0 Å². The quantitative estimate of drug-likeness (QED) is 0.720. The molecule has 1 saturated heterocycles. The van der Waals surface area contributed by atoms with Crippen molar-refractivity contribution >= 4 is 0 Å². The summed E-state index contributed by atoms with van der Waals surface area (Å²) in [5.41, 5.74) is 5.89. The van der Waals surface area contributed by atoms with Crippen LogP contribution in [0.2, 0.25) is 0 Å². The van der Waals surface area contributed by atoms with Gasteiger partial charge in [-0.1, -0.05) is 13.8 Å². The van der Waals surface area contributed by atoms with Crippen LogP contribution < -0.4 is 5.73 Å². The minimum Gasteiger partial charge on any atom is -0.330 e. The van der Waals surface area contributed by atoms with Gasteiger partial charge in [0.1, 0.15) is 0 Å². The van der Waals surface area contributed by atoms with E-state index in [0.717, 1.165) is 18.5 Å². The van der Waals surface area contributed by atoms with E-state index in [0.29, 0.717) is 5.92 Å². The Kier molecular flexibility index (Phi) is 7.20. The Bertz CT molecular complexity index is 216. The molecule has 1 aliphatic heterocycles. The Morgan fingerprint density at radius 1 is 1.33 bits per heavy atom. The molecular formula is C15H33N3. The third kappa shape index (κ3) is 5.68. The number of rotatable bonds is 8. The molecule has 1 fully saturated rings. The Balaban J connectivity index is 2.31. The maximum Gasteiger partial charge on any atom is 0.0223 e. The van der Waals surface area contributed by atoms with Gasteiger partial charge in [0.15, 0.2) is 0 Å². The van der Waals surface area contributed by atoms with Gasteiger partial charge in [0.2, 0.25) is 0 Å². The Hall–Kier alpha value is -0.120. The lowest BCUT2D eigenvalue weighted by Crippen LogP contribution is -2.39. The summed E-state index contributed by atoms with van der Waals surface area (Å²) in [4.78, 5) is 5.00. The first-order chi connectivity index (χ1) is 8.52. The Morgan fingerprint density at radius 2 is 2.06 bits per heavy atom. The van der Waals surface area contributed by atoms with Crippen molar-refractivity contribution in [3.63, 3.8) is 0 Å². The van der Waals surface area contributed by atoms with Crippen molar-refractivity contribution in [2.45, 2.75) is 45.6 Å². The van der Waals surface area contributed by atoms with E-state index in [1.807, 2.05) is 0 Å². The average molecular weight is 255 g/mol. The van der Waals surface area contributed by atoms with Crippen LogP contribution in [0.15, 0.2) is 0 Å². The van der Waals surface area contributed by atoms with Crippen LogP contribution in [-0.4, -0.2) is 56.1 Å². The molecule has 0 spiro atoms. The molecule has 0 aliphatic carbocycles. The number of likely N-dealkylation sites (tertiary alicyclic amines) is 1. The van der Waals surface area contributed by atoms with Crippen LogP contribution in [0.1, 0.15) is 39.5 Å². The van der Waals surface area contributed by atoms with Crippen LogP contribution >= 0.6 is 0 Å². The van der Waals surface area contributed by atoms with Crippen molar-refractivity contribution in [2.75, 3.05) is 40.3 Å². The first-order valence-electron chi connectivity index (χ1n) is 7.61. The summed E-state index contributed by atoms with van der Waals surface area (Å²) in [5, 5.41) is 0. The van der Waals surface area contributed by atoms with Gasteiger partial charge in [0.05, 0.1) is 0 Å². The summed E-state index contributed by atoms with van der Waals surface area (Å²) in [6.45, 7) is 9.19. The minimum atomic E-state index is 0.714. The molecule has 0 bridgehead atoms. The van der Waals surface area contributed by atoms with Gasteiger partial charge in [-0.25, -0.2) is 0 Å². The summed E-state index contributed by atoms with van der Waals surface area (Å²) < 4.78 is 0. The largest absolute Gasteiger partial charge is 0.330 e. The predicted octanol–water partition coefficient (Wildman–Crippen LogP) is 2.02. The number of hydrogen-bond donors (Lipinski definition) is 1. The summed E-state index contributed by atoms with van der Waals surface area (Å²) in [6.07, 6.45) is 5.30. The Labute approximate surface area is 114 Å². The van der Waals surface area contributed by atoms with Crippen LogP contribution in [0.5, 0.6) is 0 Å². The fourth-order valence-electron chi connectivity index (χ4n) is 3.16. The smallest absolute Gasteiger partial charge is 0.0223 e. The topological polar surface area (TPSA) is 32.5 Å². The molecule has 0 aromatic rings. The van der Waals surface area contributed by atoms with Crippen LogP contribution in [0.3, 0.4) is 0 Å². The lowest BCUT2D eigenvalue weighted by atomic mass is 9.94.